The predicted octanol–water partition coefficient (Wildman–Crippen LogP) is 7.88. The molecule has 2 heteroatoms. The molecule has 5 aromatic rings. The van der Waals surface area contributed by atoms with Crippen LogP contribution in [0.25, 0.3) is 33.3 Å². The van der Waals surface area contributed by atoms with Crippen LogP contribution in [0.5, 0.6) is 0 Å². The average molecular weight is 462 g/mol. The molecule has 1 aromatic heterocycles. The maximum Gasteiger partial charge on any atom is 0.102 e. The van der Waals surface area contributed by atoms with E-state index in [0.717, 1.165) is 16.8 Å². The van der Waals surface area contributed by atoms with Gasteiger partial charge in [0.05, 0.1) is 11.2 Å². The van der Waals surface area contributed by atoms with E-state index in [-0.39, 0.29) is 0 Å². The number of fused-ring (bicyclic) bond motifs is 5. The molecular formula is C29H20BrN. The smallest absolute Gasteiger partial charge is 0.102 e. The molecule has 0 bridgehead atoms. The number of hydrogen-bond acceptors (Lipinski definition) is 1. The highest BCUT2D eigenvalue weighted by Crippen LogP contribution is 2.60. The Morgan fingerprint density at radius 3 is 2.19 bits per heavy atom. The molecule has 1 nitrogen and oxygen atoms in total. The largest absolute Gasteiger partial charge is 0.247 e. The van der Waals surface area contributed by atoms with Crippen molar-refractivity contribution in [1.82, 2.24) is 4.98 Å². The van der Waals surface area contributed by atoms with Crippen molar-refractivity contribution in [3.63, 3.8) is 0 Å². The van der Waals surface area contributed by atoms with Gasteiger partial charge in [-0.25, -0.2) is 4.98 Å². The molecule has 0 radical (unpaired) electrons. The van der Waals surface area contributed by atoms with Gasteiger partial charge in [0, 0.05) is 16.5 Å². The summed E-state index contributed by atoms with van der Waals surface area (Å²) in [4.78, 5) is 5.18. The minimum absolute atomic E-state index is 0.432. The van der Waals surface area contributed by atoms with E-state index in [1.807, 2.05) is 0 Å². The lowest BCUT2D eigenvalue weighted by atomic mass is 9.86. The Morgan fingerprint density at radius 1 is 0.742 bits per heavy atom. The topological polar surface area (TPSA) is 12.9 Å². The molecule has 1 unspecified atom stereocenters. The van der Waals surface area contributed by atoms with Crippen LogP contribution in [0.3, 0.4) is 0 Å². The van der Waals surface area contributed by atoms with Crippen LogP contribution in [-0.4, -0.2) is 4.98 Å². The van der Waals surface area contributed by atoms with E-state index < -0.39 is 4.32 Å². The Labute approximate surface area is 190 Å². The maximum atomic E-state index is 5.18. The quantitative estimate of drug-likeness (QED) is 0.243. The summed E-state index contributed by atoms with van der Waals surface area (Å²) in [6.45, 7) is 2.16. The molecule has 0 amide bonds. The molecule has 1 atom stereocenters. The fourth-order valence-corrected chi connectivity index (χ4v) is 5.93. The van der Waals surface area contributed by atoms with Crippen molar-refractivity contribution in [2.24, 2.45) is 0 Å². The van der Waals surface area contributed by atoms with Gasteiger partial charge in [-0.2, -0.15) is 0 Å². The number of pyridine rings is 1. The van der Waals surface area contributed by atoms with Gasteiger partial charge in [0.1, 0.15) is 4.32 Å². The number of rotatable bonds is 2. The minimum Gasteiger partial charge on any atom is -0.247 e. The van der Waals surface area contributed by atoms with Crippen LogP contribution in [0.15, 0.2) is 103 Å². The monoisotopic (exact) mass is 461 g/mol. The summed E-state index contributed by atoms with van der Waals surface area (Å²) < 4.78 is -0.432. The van der Waals surface area contributed by atoms with E-state index in [0.29, 0.717) is 0 Å². The van der Waals surface area contributed by atoms with Gasteiger partial charge in [-0.15, -0.1) is 0 Å². The molecular weight excluding hydrogens is 442 g/mol. The standard InChI is InChI=1S/C29H20BrN/c1-19-16-17-24-23(18-19)26-27(29(24,30)21-12-6-3-7-13-21)22-14-8-9-15-25(22)31-28(26)20-10-4-2-5-11-20/h2-18H,1H3. The van der Waals surface area contributed by atoms with Crippen molar-refractivity contribution < 1.29 is 0 Å². The fraction of sp³-hybridized carbons (Fsp3) is 0.0690. The van der Waals surface area contributed by atoms with Crippen LogP contribution < -0.4 is 0 Å². The second-order valence-corrected chi connectivity index (χ2v) is 9.36. The first-order valence-corrected chi connectivity index (χ1v) is 11.3. The summed E-state index contributed by atoms with van der Waals surface area (Å²) in [6.07, 6.45) is 0. The summed E-state index contributed by atoms with van der Waals surface area (Å²) in [6, 6.07) is 36.6. The lowest BCUT2D eigenvalue weighted by Crippen LogP contribution is -2.19. The number of hydrogen-bond donors (Lipinski definition) is 0. The molecule has 0 N–H and O–H groups in total. The zero-order valence-electron chi connectivity index (χ0n) is 17.1. The molecule has 148 valence electrons. The molecule has 0 fully saturated rings. The van der Waals surface area contributed by atoms with Crippen LogP contribution >= 0.6 is 15.9 Å². The molecule has 1 heterocycles. The average Bonchev–Trinajstić information content (AvgIpc) is 3.09. The highest BCUT2D eigenvalue weighted by molar-refractivity contribution is 9.10. The number of para-hydroxylation sites is 1. The lowest BCUT2D eigenvalue weighted by molar-refractivity contribution is 0.959. The normalized spacial score (nSPS) is 16.8. The van der Waals surface area contributed by atoms with Gasteiger partial charge in [-0.1, -0.05) is 119 Å². The second-order valence-electron chi connectivity index (χ2n) is 8.17. The molecule has 0 saturated carbocycles. The summed E-state index contributed by atoms with van der Waals surface area (Å²) in [5.74, 6) is 0. The molecule has 31 heavy (non-hydrogen) atoms. The van der Waals surface area contributed by atoms with Crippen LogP contribution in [0, 0.1) is 6.92 Å². The third kappa shape index (κ3) is 2.65. The zero-order chi connectivity index (χ0) is 21.0. The summed E-state index contributed by atoms with van der Waals surface area (Å²) in [7, 11) is 0. The SMILES string of the molecule is Cc1ccc2c(c1)-c1c(-c3ccccc3)nc3ccccc3c1C2(Br)c1ccccc1. The first-order valence-electron chi connectivity index (χ1n) is 10.5. The minimum atomic E-state index is -0.432. The van der Waals surface area contributed by atoms with E-state index >= 15 is 0 Å². The Kier molecular flexibility index (Phi) is 4.12. The first kappa shape index (κ1) is 18.5. The van der Waals surface area contributed by atoms with Crippen molar-refractivity contribution >= 4 is 26.8 Å². The molecule has 1 aliphatic carbocycles. The highest BCUT2D eigenvalue weighted by Gasteiger charge is 2.45. The summed E-state index contributed by atoms with van der Waals surface area (Å²) in [5, 5.41) is 1.19. The van der Waals surface area contributed by atoms with Crippen molar-refractivity contribution in [1.29, 1.82) is 0 Å². The maximum absolute atomic E-state index is 5.18. The van der Waals surface area contributed by atoms with Crippen molar-refractivity contribution in [3.05, 3.63) is 125 Å². The van der Waals surface area contributed by atoms with Gasteiger partial charge in [-0.05, 0) is 35.2 Å². The Balaban J connectivity index is 1.84. The number of nitrogens with zero attached hydrogens (tertiary/aromatic N) is 1. The molecule has 0 spiro atoms. The van der Waals surface area contributed by atoms with Gasteiger partial charge in [0.15, 0.2) is 0 Å². The molecule has 6 rings (SSSR count). The number of benzene rings is 4. The molecule has 4 aromatic carbocycles. The van der Waals surface area contributed by atoms with Gasteiger partial charge in [-0.3, -0.25) is 0 Å². The van der Waals surface area contributed by atoms with Crippen LogP contribution in [-0.2, 0) is 4.32 Å². The number of aryl methyl sites for hydroxylation is 1. The van der Waals surface area contributed by atoms with Crippen LogP contribution in [0.2, 0.25) is 0 Å². The Morgan fingerprint density at radius 2 is 1.42 bits per heavy atom. The molecule has 0 aliphatic heterocycles. The number of alkyl halides is 1. The van der Waals surface area contributed by atoms with Crippen LogP contribution in [0.1, 0.15) is 22.3 Å². The van der Waals surface area contributed by atoms with E-state index in [1.165, 1.54) is 38.8 Å². The highest BCUT2D eigenvalue weighted by atomic mass is 79.9. The van der Waals surface area contributed by atoms with Gasteiger partial charge < -0.3 is 0 Å². The van der Waals surface area contributed by atoms with E-state index in [2.05, 4.69) is 126 Å². The van der Waals surface area contributed by atoms with Gasteiger partial charge >= 0.3 is 0 Å². The number of halogens is 1. The van der Waals surface area contributed by atoms with Crippen molar-refractivity contribution in [2.75, 3.05) is 0 Å². The second kappa shape index (κ2) is 6.90. The van der Waals surface area contributed by atoms with Gasteiger partial charge in [0.2, 0.25) is 0 Å². The Hall–Kier alpha value is -3.23. The third-order valence-electron chi connectivity index (χ3n) is 6.27. The molecule has 1 aliphatic rings. The van der Waals surface area contributed by atoms with E-state index in [9.17, 15) is 0 Å². The zero-order valence-corrected chi connectivity index (χ0v) is 18.7. The molecule has 0 saturated heterocycles. The first-order chi connectivity index (χ1) is 15.2. The van der Waals surface area contributed by atoms with Crippen molar-refractivity contribution in [3.8, 4) is 22.4 Å². The summed E-state index contributed by atoms with van der Waals surface area (Å²) >= 11 is 4.28. The lowest BCUT2D eigenvalue weighted by Gasteiger charge is -2.27. The third-order valence-corrected chi connectivity index (χ3v) is 7.55. The van der Waals surface area contributed by atoms with Crippen molar-refractivity contribution in [2.45, 2.75) is 11.2 Å². The van der Waals surface area contributed by atoms with Gasteiger partial charge in [0.25, 0.3) is 0 Å². The fourth-order valence-electron chi connectivity index (χ4n) is 4.90. The number of aromatic nitrogens is 1. The van der Waals surface area contributed by atoms with Crippen LogP contribution in [0.4, 0.5) is 0 Å². The predicted molar refractivity (Wildman–Crippen MR) is 133 cm³/mol. The summed E-state index contributed by atoms with van der Waals surface area (Å²) in [5.41, 5.74) is 10.7. The van der Waals surface area contributed by atoms with E-state index in [4.69, 9.17) is 4.98 Å². The Bertz CT molecular complexity index is 1440. The van der Waals surface area contributed by atoms with E-state index in [1.54, 1.807) is 0 Å².